The van der Waals surface area contributed by atoms with Gasteiger partial charge in [-0.1, -0.05) is 36.4 Å². The van der Waals surface area contributed by atoms with Gasteiger partial charge in [0.1, 0.15) is 5.82 Å². The van der Waals surface area contributed by atoms with Gasteiger partial charge in [0.15, 0.2) is 0 Å². The van der Waals surface area contributed by atoms with Crippen molar-refractivity contribution in [1.82, 2.24) is 14.9 Å². The van der Waals surface area contributed by atoms with Crippen molar-refractivity contribution in [3.8, 4) is 0 Å². The second kappa shape index (κ2) is 6.34. The topological polar surface area (TPSA) is 49.0 Å². The number of nitrogens with one attached hydrogen (secondary N) is 1. The van der Waals surface area contributed by atoms with E-state index in [0.717, 1.165) is 5.69 Å². The van der Waals surface area contributed by atoms with Crippen molar-refractivity contribution in [3.05, 3.63) is 76.0 Å². The number of H-pyrrole nitrogens is 1. The Morgan fingerprint density at radius 2 is 1.87 bits per heavy atom. The second-order valence-electron chi connectivity index (χ2n) is 6.02. The van der Waals surface area contributed by atoms with Gasteiger partial charge < -0.3 is 4.98 Å². The predicted octanol–water partition coefficient (Wildman–Crippen LogP) is 3.42. The van der Waals surface area contributed by atoms with Crippen LogP contribution in [0.15, 0.2) is 53.3 Å². The van der Waals surface area contributed by atoms with Crippen molar-refractivity contribution < 1.29 is 0 Å². The lowest BCUT2D eigenvalue weighted by Gasteiger charge is -2.25. The quantitative estimate of drug-likeness (QED) is 0.803. The average Bonchev–Trinajstić information content (AvgIpc) is 2.52. The van der Waals surface area contributed by atoms with Crippen molar-refractivity contribution in [2.24, 2.45) is 0 Å². The standard InChI is InChI=1S/C19H21N3O/c1-13(16-9-8-15-6-4-5-7-17(15)10-16)22(3)12-18-11-19(23)21-14(2)20-18/h4-11,13H,12H2,1-3H3,(H,20,21,23). The molecular weight excluding hydrogens is 286 g/mol. The summed E-state index contributed by atoms with van der Waals surface area (Å²) in [5.74, 6) is 0.652. The minimum Gasteiger partial charge on any atom is -0.311 e. The van der Waals surface area contributed by atoms with Crippen LogP contribution < -0.4 is 5.56 Å². The van der Waals surface area contributed by atoms with E-state index in [9.17, 15) is 4.79 Å². The number of aryl methyl sites for hydroxylation is 1. The molecule has 1 aromatic heterocycles. The molecule has 1 N–H and O–H groups in total. The SMILES string of the molecule is Cc1nc(CN(C)C(C)c2ccc3ccccc3c2)cc(=O)[nH]1. The van der Waals surface area contributed by atoms with Gasteiger partial charge in [-0.2, -0.15) is 0 Å². The molecule has 0 amide bonds. The molecule has 0 aliphatic carbocycles. The molecular formula is C19H21N3O. The van der Waals surface area contributed by atoms with Gasteiger partial charge in [-0.25, -0.2) is 4.98 Å². The zero-order chi connectivity index (χ0) is 16.4. The van der Waals surface area contributed by atoms with Gasteiger partial charge in [0, 0.05) is 18.7 Å². The van der Waals surface area contributed by atoms with Crippen LogP contribution in [0.25, 0.3) is 10.8 Å². The summed E-state index contributed by atoms with van der Waals surface area (Å²) in [6, 6.07) is 16.7. The first kappa shape index (κ1) is 15.4. The van der Waals surface area contributed by atoms with Gasteiger partial charge in [0.05, 0.1) is 5.69 Å². The molecule has 4 nitrogen and oxygen atoms in total. The van der Waals surface area contributed by atoms with Gasteiger partial charge in [0.25, 0.3) is 5.56 Å². The average molecular weight is 307 g/mol. The molecule has 0 aliphatic heterocycles. The van der Waals surface area contributed by atoms with E-state index in [4.69, 9.17) is 0 Å². The number of aromatic nitrogens is 2. The predicted molar refractivity (Wildman–Crippen MR) is 93.4 cm³/mol. The lowest BCUT2D eigenvalue weighted by molar-refractivity contribution is 0.250. The molecule has 4 heteroatoms. The maximum absolute atomic E-state index is 11.6. The normalized spacial score (nSPS) is 12.7. The molecule has 0 bridgehead atoms. The Morgan fingerprint density at radius 1 is 1.13 bits per heavy atom. The van der Waals surface area contributed by atoms with Crippen molar-refractivity contribution in [3.63, 3.8) is 0 Å². The monoisotopic (exact) mass is 307 g/mol. The summed E-state index contributed by atoms with van der Waals surface area (Å²) in [4.78, 5) is 20.8. The van der Waals surface area contributed by atoms with Crippen LogP contribution in [0.4, 0.5) is 0 Å². The van der Waals surface area contributed by atoms with Crippen molar-refractivity contribution in [2.75, 3.05) is 7.05 Å². The smallest absolute Gasteiger partial charge is 0.251 e. The van der Waals surface area contributed by atoms with E-state index in [-0.39, 0.29) is 11.6 Å². The largest absolute Gasteiger partial charge is 0.311 e. The minimum absolute atomic E-state index is 0.0979. The van der Waals surface area contributed by atoms with Gasteiger partial charge in [-0.15, -0.1) is 0 Å². The second-order valence-corrected chi connectivity index (χ2v) is 6.02. The maximum Gasteiger partial charge on any atom is 0.251 e. The number of hydrogen-bond acceptors (Lipinski definition) is 3. The van der Waals surface area contributed by atoms with Crippen LogP contribution in [0, 0.1) is 6.92 Å². The first-order valence-electron chi connectivity index (χ1n) is 7.79. The van der Waals surface area contributed by atoms with Crippen molar-refractivity contribution >= 4 is 10.8 Å². The number of rotatable bonds is 4. The molecule has 3 rings (SSSR count). The summed E-state index contributed by atoms with van der Waals surface area (Å²) in [5.41, 5.74) is 1.95. The van der Waals surface area contributed by atoms with E-state index in [1.165, 1.54) is 16.3 Å². The Kier molecular flexibility index (Phi) is 4.26. The highest BCUT2D eigenvalue weighted by Gasteiger charge is 2.13. The number of benzene rings is 2. The molecule has 0 radical (unpaired) electrons. The lowest BCUT2D eigenvalue weighted by Crippen LogP contribution is -2.24. The molecule has 0 fully saturated rings. The molecule has 3 aromatic rings. The third-order valence-corrected chi connectivity index (χ3v) is 4.24. The summed E-state index contributed by atoms with van der Waals surface area (Å²) in [6.45, 7) is 4.61. The summed E-state index contributed by atoms with van der Waals surface area (Å²) in [7, 11) is 2.05. The molecule has 23 heavy (non-hydrogen) atoms. The molecule has 0 saturated carbocycles. The van der Waals surface area contributed by atoms with Crippen LogP contribution in [-0.4, -0.2) is 21.9 Å². The molecule has 1 heterocycles. The molecule has 118 valence electrons. The van der Waals surface area contributed by atoms with Crippen molar-refractivity contribution in [1.29, 1.82) is 0 Å². The van der Waals surface area contributed by atoms with E-state index in [2.05, 4.69) is 71.3 Å². The van der Waals surface area contributed by atoms with Gasteiger partial charge >= 0.3 is 0 Å². The Morgan fingerprint density at radius 3 is 2.61 bits per heavy atom. The number of nitrogens with zero attached hydrogens (tertiary/aromatic N) is 2. The van der Waals surface area contributed by atoms with E-state index in [0.29, 0.717) is 12.4 Å². The van der Waals surface area contributed by atoms with Gasteiger partial charge in [0.2, 0.25) is 0 Å². The van der Waals surface area contributed by atoms with Crippen molar-refractivity contribution in [2.45, 2.75) is 26.4 Å². The van der Waals surface area contributed by atoms with Gasteiger partial charge in [-0.3, -0.25) is 9.69 Å². The zero-order valence-corrected chi connectivity index (χ0v) is 13.7. The summed E-state index contributed by atoms with van der Waals surface area (Å²) < 4.78 is 0. The van der Waals surface area contributed by atoms with Gasteiger partial charge in [-0.05, 0) is 43.3 Å². The van der Waals surface area contributed by atoms with Crippen LogP contribution in [-0.2, 0) is 6.54 Å². The minimum atomic E-state index is -0.0979. The molecule has 0 spiro atoms. The number of hydrogen-bond donors (Lipinski definition) is 1. The molecule has 1 atom stereocenters. The van der Waals surface area contributed by atoms with Crippen LogP contribution in [0.3, 0.4) is 0 Å². The number of aromatic amines is 1. The van der Waals surface area contributed by atoms with Crippen LogP contribution in [0.2, 0.25) is 0 Å². The first-order chi connectivity index (χ1) is 11.0. The third kappa shape index (κ3) is 3.48. The highest BCUT2D eigenvalue weighted by molar-refractivity contribution is 5.83. The molecule has 0 aliphatic rings. The summed E-state index contributed by atoms with van der Waals surface area (Å²) >= 11 is 0. The highest BCUT2D eigenvalue weighted by Crippen LogP contribution is 2.24. The fourth-order valence-corrected chi connectivity index (χ4v) is 2.84. The molecule has 0 saturated heterocycles. The Hall–Kier alpha value is -2.46. The molecule has 2 aromatic carbocycles. The van der Waals surface area contributed by atoms with E-state index < -0.39 is 0 Å². The van der Waals surface area contributed by atoms with E-state index in [1.54, 1.807) is 13.0 Å². The van der Waals surface area contributed by atoms with E-state index >= 15 is 0 Å². The highest BCUT2D eigenvalue weighted by atomic mass is 16.1. The Balaban J connectivity index is 1.82. The molecule has 1 unspecified atom stereocenters. The third-order valence-electron chi connectivity index (χ3n) is 4.24. The van der Waals surface area contributed by atoms with Crippen LogP contribution >= 0.6 is 0 Å². The van der Waals surface area contributed by atoms with Crippen LogP contribution in [0.1, 0.15) is 30.0 Å². The summed E-state index contributed by atoms with van der Waals surface area (Å²) in [5, 5.41) is 2.49. The van der Waals surface area contributed by atoms with E-state index in [1.807, 2.05) is 0 Å². The first-order valence-corrected chi connectivity index (χ1v) is 7.79. The number of fused-ring (bicyclic) bond motifs is 1. The zero-order valence-electron chi connectivity index (χ0n) is 13.7. The lowest BCUT2D eigenvalue weighted by atomic mass is 10.0. The Bertz CT molecular complexity index is 885. The van der Waals surface area contributed by atoms with Crippen LogP contribution in [0.5, 0.6) is 0 Å². The maximum atomic E-state index is 11.6. The fraction of sp³-hybridized carbons (Fsp3) is 0.263. The Labute approximate surface area is 135 Å². The fourth-order valence-electron chi connectivity index (χ4n) is 2.84. The summed E-state index contributed by atoms with van der Waals surface area (Å²) in [6.07, 6.45) is 0.